The van der Waals surface area contributed by atoms with E-state index in [1.165, 1.54) is 25.7 Å². The van der Waals surface area contributed by atoms with Crippen LogP contribution in [0.1, 0.15) is 65.7 Å². The first-order valence-electron chi connectivity index (χ1n) is 6.84. The van der Waals surface area contributed by atoms with E-state index in [9.17, 15) is 4.79 Å². The van der Waals surface area contributed by atoms with Crippen LogP contribution in [0, 0.1) is 11.8 Å². The lowest BCUT2D eigenvalue weighted by atomic mass is 9.91. The van der Waals surface area contributed by atoms with Crippen LogP contribution in [0.5, 0.6) is 0 Å². The summed E-state index contributed by atoms with van der Waals surface area (Å²) >= 11 is 0. The maximum Gasteiger partial charge on any atom is 0.137 e. The summed E-state index contributed by atoms with van der Waals surface area (Å²) in [5, 5.41) is 0. The molecule has 2 N–H and O–H groups in total. The summed E-state index contributed by atoms with van der Waals surface area (Å²) in [6.45, 7) is 7.03. The van der Waals surface area contributed by atoms with Crippen LogP contribution in [0.2, 0.25) is 0 Å². The Balaban J connectivity index is 3.67. The van der Waals surface area contributed by atoms with Gasteiger partial charge in [0.15, 0.2) is 0 Å². The molecular weight excluding hydrogens is 198 g/mol. The summed E-state index contributed by atoms with van der Waals surface area (Å²) in [6, 6.07) is 0. The lowest BCUT2D eigenvalue weighted by molar-refractivity contribution is -0.123. The Labute approximate surface area is 101 Å². The third-order valence-electron chi connectivity index (χ3n) is 3.02. The fraction of sp³-hybridized carbons (Fsp3) is 0.929. The number of hydrogen-bond acceptors (Lipinski definition) is 2. The van der Waals surface area contributed by atoms with Crippen molar-refractivity contribution in [3.8, 4) is 0 Å². The Hall–Kier alpha value is -0.370. The summed E-state index contributed by atoms with van der Waals surface area (Å²) in [4.78, 5) is 11.9. The second-order valence-corrected chi connectivity index (χ2v) is 5.19. The lowest BCUT2D eigenvalue weighted by Crippen LogP contribution is -2.25. The molecule has 0 bridgehead atoms. The van der Waals surface area contributed by atoms with Gasteiger partial charge >= 0.3 is 0 Å². The number of ketones is 1. The fourth-order valence-corrected chi connectivity index (χ4v) is 2.04. The molecule has 0 saturated heterocycles. The van der Waals surface area contributed by atoms with Gasteiger partial charge < -0.3 is 5.73 Å². The Morgan fingerprint density at radius 2 is 1.75 bits per heavy atom. The molecular formula is C14H29NO. The number of carbonyl (C=O) groups excluding carboxylic acids is 1. The highest BCUT2D eigenvalue weighted by Gasteiger charge is 2.17. The minimum absolute atomic E-state index is 0.103. The van der Waals surface area contributed by atoms with E-state index in [1.54, 1.807) is 0 Å². The van der Waals surface area contributed by atoms with Crippen LogP contribution >= 0.6 is 0 Å². The highest BCUT2D eigenvalue weighted by molar-refractivity contribution is 5.81. The SMILES string of the molecule is CCCCCCCC(=O)C(CN)CC(C)C. The lowest BCUT2D eigenvalue weighted by Gasteiger charge is -2.15. The van der Waals surface area contributed by atoms with E-state index in [2.05, 4.69) is 20.8 Å². The van der Waals surface area contributed by atoms with E-state index < -0.39 is 0 Å². The average molecular weight is 227 g/mol. The Kier molecular flexibility index (Phi) is 9.60. The molecule has 2 heteroatoms. The predicted octanol–water partition coefficient (Wildman–Crippen LogP) is 3.54. The van der Waals surface area contributed by atoms with Crippen molar-refractivity contribution in [2.75, 3.05) is 6.54 Å². The largest absolute Gasteiger partial charge is 0.330 e. The van der Waals surface area contributed by atoms with Gasteiger partial charge in [-0.1, -0.05) is 46.5 Å². The van der Waals surface area contributed by atoms with Crippen LogP contribution in [0.15, 0.2) is 0 Å². The summed E-state index contributed by atoms with van der Waals surface area (Å²) in [5.74, 6) is 1.05. The van der Waals surface area contributed by atoms with Gasteiger partial charge in [-0.15, -0.1) is 0 Å². The molecule has 0 aliphatic rings. The first kappa shape index (κ1) is 15.6. The van der Waals surface area contributed by atoms with Gasteiger partial charge in [-0.2, -0.15) is 0 Å². The van der Waals surface area contributed by atoms with Crippen molar-refractivity contribution >= 4 is 5.78 Å². The van der Waals surface area contributed by atoms with Gasteiger partial charge in [0.1, 0.15) is 5.78 Å². The van der Waals surface area contributed by atoms with E-state index in [0.717, 1.165) is 19.3 Å². The highest BCUT2D eigenvalue weighted by atomic mass is 16.1. The quantitative estimate of drug-likeness (QED) is 0.580. The van der Waals surface area contributed by atoms with E-state index in [4.69, 9.17) is 5.73 Å². The van der Waals surface area contributed by atoms with Gasteiger partial charge in [0, 0.05) is 18.9 Å². The minimum atomic E-state index is 0.103. The van der Waals surface area contributed by atoms with Crippen molar-refractivity contribution in [2.24, 2.45) is 17.6 Å². The predicted molar refractivity (Wildman–Crippen MR) is 70.4 cm³/mol. The molecule has 0 spiro atoms. The van der Waals surface area contributed by atoms with Crippen molar-refractivity contribution in [1.29, 1.82) is 0 Å². The first-order chi connectivity index (χ1) is 7.61. The molecule has 1 atom stereocenters. The van der Waals surface area contributed by atoms with Gasteiger partial charge in [0.25, 0.3) is 0 Å². The van der Waals surface area contributed by atoms with Gasteiger partial charge in [0.05, 0.1) is 0 Å². The molecule has 0 aromatic rings. The Morgan fingerprint density at radius 1 is 1.12 bits per heavy atom. The number of hydrogen-bond donors (Lipinski definition) is 1. The molecule has 96 valence electrons. The number of rotatable bonds is 10. The van der Waals surface area contributed by atoms with Crippen LogP contribution in [0.4, 0.5) is 0 Å². The van der Waals surface area contributed by atoms with Crippen molar-refractivity contribution in [3.05, 3.63) is 0 Å². The summed E-state index contributed by atoms with van der Waals surface area (Å²) in [6.07, 6.45) is 7.74. The molecule has 0 fully saturated rings. The number of carbonyl (C=O) groups is 1. The van der Waals surface area contributed by atoms with E-state index in [1.807, 2.05) is 0 Å². The summed E-state index contributed by atoms with van der Waals surface area (Å²) in [5.41, 5.74) is 5.65. The maximum absolute atomic E-state index is 11.9. The second-order valence-electron chi connectivity index (χ2n) is 5.19. The van der Waals surface area contributed by atoms with E-state index in [0.29, 0.717) is 18.2 Å². The van der Waals surface area contributed by atoms with E-state index in [-0.39, 0.29) is 5.92 Å². The molecule has 0 aliphatic heterocycles. The smallest absolute Gasteiger partial charge is 0.137 e. The average Bonchev–Trinajstić information content (AvgIpc) is 2.25. The van der Waals surface area contributed by atoms with Crippen LogP contribution in [-0.4, -0.2) is 12.3 Å². The van der Waals surface area contributed by atoms with E-state index >= 15 is 0 Å². The normalized spacial score (nSPS) is 13.1. The fourth-order valence-electron chi connectivity index (χ4n) is 2.04. The van der Waals surface area contributed by atoms with Crippen LogP contribution in [0.3, 0.4) is 0 Å². The number of Topliss-reactive ketones (excluding diaryl/α,β-unsaturated/α-hetero) is 1. The molecule has 0 heterocycles. The summed E-state index contributed by atoms with van der Waals surface area (Å²) in [7, 11) is 0. The number of nitrogens with two attached hydrogens (primary N) is 1. The molecule has 0 radical (unpaired) electrons. The van der Waals surface area contributed by atoms with Gasteiger partial charge in [-0.05, 0) is 18.8 Å². The minimum Gasteiger partial charge on any atom is -0.330 e. The molecule has 0 rings (SSSR count). The van der Waals surface area contributed by atoms with Crippen LogP contribution < -0.4 is 5.73 Å². The Morgan fingerprint density at radius 3 is 2.25 bits per heavy atom. The summed E-state index contributed by atoms with van der Waals surface area (Å²) < 4.78 is 0. The number of unbranched alkanes of at least 4 members (excludes halogenated alkanes) is 4. The maximum atomic E-state index is 11.9. The molecule has 0 amide bonds. The zero-order valence-electron chi connectivity index (χ0n) is 11.3. The topological polar surface area (TPSA) is 43.1 Å². The van der Waals surface area contributed by atoms with Crippen molar-refractivity contribution in [1.82, 2.24) is 0 Å². The first-order valence-corrected chi connectivity index (χ1v) is 6.84. The molecule has 16 heavy (non-hydrogen) atoms. The molecule has 0 aromatic heterocycles. The molecule has 0 aromatic carbocycles. The van der Waals surface area contributed by atoms with Crippen LogP contribution in [-0.2, 0) is 4.79 Å². The van der Waals surface area contributed by atoms with Gasteiger partial charge in [-0.3, -0.25) is 4.79 Å². The van der Waals surface area contributed by atoms with Crippen molar-refractivity contribution < 1.29 is 4.79 Å². The second kappa shape index (κ2) is 9.83. The van der Waals surface area contributed by atoms with Crippen LogP contribution in [0.25, 0.3) is 0 Å². The van der Waals surface area contributed by atoms with Gasteiger partial charge in [0.2, 0.25) is 0 Å². The zero-order valence-corrected chi connectivity index (χ0v) is 11.3. The monoisotopic (exact) mass is 227 g/mol. The Bertz CT molecular complexity index is 178. The van der Waals surface area contributed by atoms with Crippen molar-refractivity contribution in [2.45, 2.75) is 65.7 Å². The third-order valence-corrected chi connectivity index (χ3v) is 3.02. The molecule has 2 nitrogen and oxygen atoms in total. The molecule has 0 saturated carbocycles. The molecule has 0 aliphatic carbocycles. The standard InChI is InChI=1S/C14H29NO/c1-4-5-6-7-8-9-14(16)13(11-15)10-12(2)3/h12-13H,4-11,15H2,1-3H3. The highest BCUT2D eigenvalue weighted by Crippen LogP contribution is 2.15. The van der Waals surface area contributed by atoms with Gasteiger partial charge in [-0.25, -0.2) is 0 Å². The zero-order chi connectivity index (χ0) is 12.4. The third kappa shape index (κ3) is 7.86. The molecule has 1 unspecified atom stereocenters. The van der Waals surface area contributed by atoms with Crippen molar-refractivity contribution in [3.63, 3.8) is 0 Å².